The molecule has 65 heavy (non-hydrogen) atoms. The number of phenols is 4. The van der Waals surface area contributed by atoms with Gasteiger partial charge in [-0.25, -0.2) is 0 Å². The number of carboxylic acid groups (broad SMARTS) is 2. The molecule has 4 aromatic carbocycles. The molecule has 0 heterocycles. The van der Waals surface area contributed by atoms with Crippen LogP contribution in [0.2, 0.25) is 0 Å². The molecule has 0 spiro atoms. The van der Waals surface area contributed by atoms with E-state index in [2.05, 4.69) is 95.2 Å². The van der Waals surface area contributed by atoms with E-state index in [1.807, 2.05) is 77.9 Å². The molecule has 4 rings (SSSR count). The van der Waals surface area contributed by atoms with Crippen LogP contribution in [0.25, 0.3) is 0 Å². The topological polar surface area (TPSA) is 161 Å². The SMILES string of the molecule is CC(C)(C)c1cc(Cc2cc(CCC(=O)[O-])cc(C(C)(C)C)c2O)c(O)c(C(C)(C)C)c1.CC(C)(C)c1cc(Cc2cc(CCC(=O)[O-])cc(C(C)(C)C)c2O)c(O)c(C(C)(C)C)c1.[Ca+2]. The number of aromatic hydroxyl groups is 4. The minimum Gasteiger partial charge on any atom is -0.550 e. The summed E-state index contributed by atoms with van der Waals surface area (Å²) in [7, 11) is 0. The Bertz CT molecular complexity index is 2160. The molecule has 4 aromatic rings. The maximum absolute atomic E-state index is 11.2. The number of aryl methyl sites for hydroxylation is 2. The van der Waals surface area contributed by atoms with Gasteiger partial charge < -0.3 is 40.2 Å². The monoisotopic (exact) mass is 919 g/mol. The second-order valence-electron chi connectivity index (χ2n) is 24.0. The Balaban J connectivity index is 0.000000440. The van der Waals surface area contributed by atoms with Crippen molar-refractivity contribution in [1.82, 2.24) is 0 Å². The van der Waals surface area contributed by atoms with Crippen molar-refractivity contribution in [2.24, 2.45) is 0 Å². The molecular weight excluding hydrogens is 841 g/mol. The molecule has 0 saturated carbocycles. The van der Waals surface area contributed by atoms with E-state index in [1.54, 1.807) is 0 Å². The van der Waals surface area contributed by atoms with E-state index in [-0.39, 0.29) is 106 Å². The third kappa shape index (κ3) is 15.7. The maximum Gasteiger partial charge on any atom is 2.00 e. The smallest absolute Gasteiger partial charge is 0.550 e. The van der Waals surface area contributed by atoms with Gasteiger partial charge in [-0.05, 0) is 125 Å². The minimum atomic E-state index is -1.10. The molecular formula is C56H78CaO8. The van der Waals surface area contributed by atoms with Crippen molar-refractivity contribution in [3.05, 3.63) is 115 Å². The van der Waals surface area contributed by atoms with Gasteiger partial charge in [-0.3, -0.25) is 0 Å². The first-order valence-corrected chi connectivity index (χ1v) is 22.7. The summed E-state index contributed by atoms with van der Waals surface area (Å²) in [6, 6.07) is 15.7. The van der Waals surface area contributed by atoms with E-state index in [4.69, 9.17) is 0 Å². The van der Waals surface area contributed by atoms with Gasteiger partial charge in [0, 0.05) is 24.8 Å². The fourth-order valence-electron chi connectivity index (χ4n) is 7.79. The van der Waals surface area contributed by atoms with Crippen molar-refractivity contribution in [3.8, 4) is 23.0 Å². The van der Waals surface area contributed by atoms with Gasteiger partial charge in [0.15, 0.2) is 0 Å². The van der Waals surface area contributed by atoms with Crippen LogP contribution in [0, 0.1) is 0 Å². The Labute approximate surface area is 420 Å². The van der Waals surface area contributed by atoms with E-state index in [0.717, 1.165) is 55.6 Å². The maximum atomic E-state index is 11.2. The van der Waals surface area contributed by atoms with Crippen molar-refractivity contribution in [1.29, 1.82) is 0 Å². The summed E-state index contributed by atoms with van der Waals surface area (Å²) < 4.78 is 0. The largest absolute Gasteiger partial charge is 2.00 e. The van der Waals surface area contributed by atoms with Crippen LogP contribution in [0.4, 0.5) is 0 Å². The number of phenolic OH excluding ortho intramolecular Hbond substituents is 4. The van der Waals surface area contributed by atoms with Gasteiger partial charge >= 0.3 is 37.7 Å². The van der Waals surface area contributed by atoms with Crippen LogP contribution in [0.5, 0.6) is 23.0 Å². The summed E-state index contributed by atoms with van der Waals surface area (Å²) in [6.07, 6.45) is 1.22. The number of carboxylic acids is 2. The first kappa shape index (κ1) is 57.4. The third-order valence-electron chi connectivity index (χ3n) is 11.8. The molecule has 0 atom stereocenters. The van der Waals surface area contributed by atoms with Gasteiger partial charge in [-0.1, -0.05) is 173 Å². The first-order valence-electron chi connectivity index (χ1n) is 22.7. The van der Waals surface area contributed by atoms with Crippen molar-refractivity contribution >= 4 is 49.7 Å². The van der Waals surface area contributed by atoms with Crippen LogP contribution in [0.1, 0.15) is 204 Å². The zero-order chi connectivity index (χ0) is 49.3. The normalized spacial score (nSPS) is 12.6. The summed E-state index contributed by atoms with van der Waals surface area (Å²) in [5.74, 6) is -1.28. The summed E-state index contributed by atoms with van der Waals surface area (Å²) in [5, 5.41) is 66.6. The number of hydrogen-bond donors (Lipinski definition) is 4. The van der Waals surface area contributed by atoms with E-state index >= 15 is 0 Å². The summed E-state index contributed by atoms with van der Waals surface area (Å²) >= 11 is 0. The molecule has 0 aliphatic heterocycles. The summed E-state index contributed by atoms with van der Waals surface area (Å²) in [6.45, 7) is 37.4. The second kappa shape index (κ2) is 21.1. The Morgan fingerprint density at radius 3 is 0.831 bits per heavy atom. The molecule has 9 heteroatoms. The van der Waals surface area contributed by atoms with Gasteiger partial charge in [-0.15, -0.1) is 0 Å². The average Bonchev–Trinajstić information content (AvgIpc) is 3.10. The third-order valence-corrected chi connectivity index (χ3v) is 11.8. The Hall–Kier alpha value is -3.72. The number of aliphatic carboxylic acids is 2. The Morgan fingerprint density at radius 2 is 0.615 bits per heavy atom. The molecule has 0 amide bonds. The van der Waals surface area contributed by atoms with E-state index in [1.165, 1.54) is 0 Å². The van der Waals surface area contributed by atoms with E-state index in [0.29, 0.717) is 36.8 Å². The fourth-order valence-corrected chi connectivity index (χ4v) is 7.79. The predicted molar refractivity (Wildman–Crippen MR) is 263 cm³/mol. The number of carbonyl (C=O) groups excluding carboxylic acids is 2. The average molecular weight is 919 g/mol. The van der Waals surface area contributed by atoms with Crippen LogP contribution in [0.15, 0.2) is 48.5 Å². The summed E-state index contributed by atoms with van der Waals surface area (Å²) in [5.41, 5.74) is 8.80. The molecule has 4 N–H and O–H groups in total. The molecule has 0 radical (unpaired) electrons. The molecule has 0 bridgehead atoms. The molecule has 0 aromatic heterocycles. The molecule has 0 aliphatic rings. The van der Waals surface area contributed by atoms with Crippen LogP contribution in [-0.2, 0) is 67.8 Å². The van der Waals surface area contributed by atoms with Crippen molar-refractivity contribution in [2.45, 2.75) is 196 Å². The molecule has 0 saturated heterocycles. The van der Waals surface area contributed by atoms with Gasteiger partial charge in [0.05, 0.1) is 0 Å². The second-order valence-corrected chi connectivity index (χ2v) is 24.0. The Kier molecular flexibility index (Phi) is 18.6. The fraction of sp³-hybridized carbons (Fsp3) is 0.536. The van der Waals surface area contributed by atoms with Gasteiger partial charge in [0.25, 0.3) is 0 Å². The standard InChI is InChI=1S/2C28H40O4.Ca/c2*1-26(2,3)20-15-19(25(32)22(16-20)28(7,8)9)14-18-12-17(10-11-23(29)30)13-21(24(18)31)27(4,5)6;/h2*12-13,15-16,31-32H,10-11,14H2,1-9H3,(H,29,30);/q;;+2/p-2. The molecule has 352 valence electrons. The number of hydrogen-bond acceptors (Lipinski definition) is 8. The van der Waals surface area contributed by atoms with E-state index < -0.39 is 11.9 Å². The van der Waals surface area contributed by atoms with Crippen molar-refractivity contribution in [3.63, 3.8) is 0 Å². The number of carbonyl (C=O) groups is 2. The van der Waals surface area contributed by atoms with Crippen LogP contribution in [0.3, 0.4) is 0 Å². The summed E-state index contributed by atoms with van der Waals surface area (Å²) in [4.78, 5) is 22.0. The minimum absolute atomic E-state index is 0. The molecule has 0 aliphatic carbocycles. The van der Waals surface area contributed by atoms with Crippen molar-refractivity contribution < 1.29 is 40.2 Å². The van der Waals surface area contributed by atoms with Gasteiger partial charge in [0.2, 0.25) is 0 Å². The van der Waals surface area contributed by atoms with Crippen molar-refractivity contribution in [2.75, 3.05) is 0 Å². The van der Waals surface area contributed by atoms with Crippen LogP contribution in [-0.4, -0.2) is 70.1 Å². The van der Waals surface area contributed by atoms with Gasteiger partial charge in [-0.2, -0.15) is 0 Å². The zero-order valence-corrected chi connectivity index (χ0v) is 45.2. The predicted octanol–water partition coefficient (Wildman–Crippen LogP) is 10.1. The van der Waals surface area contributed by atoms with Crippen LogP contribution < -0.4 is 10.2 Å². The molecule has 8 nitrogen and oxygen atoms in total. The van der Waals surface area contributed by atoms with Crippen LogP contribution >= 0.6 is 0 Å². The van der Waals surface area contributed by atoms with E-state index in [9.17, 15) is 40.2 Å². The number of benzene rings is 4. The first-order chi connectivity index (χ1) is 28.8. The van der Waals surface area contributed by atoms with Gasteiger partial charge in [0.1, 0.15) is 23.0 Å². The Morgan fingerprint density at radius 1 is 0.385 bits per heavy atom. The molecule has 0 unspecified atom stereocenters. The molecule has 0 fully saturated rings. The number of rotatable bonds is 10. The zero-order valence-electron chi connectivity index (χ0n) is 43.0. The quantitative estimate of drug-likeness (QED) is 0.114.